The third kappa shape index (κ3) is 7.33. The molecule has 0 fully saturated rings. The van der Waals surface area contributed by atoms with Crippen LogP contribution in [0, 0.1) is 26.7 Å². The van der Waals surface area contributed by atoms with E-state index in [1.54, 1.807) is 0 Å². The molecule has 3 heteroatoms. The SMILES string of the molecule is C1=CCCC1.CC(C)[C@H]1COC(C2C=CCC2)=N1.[CH3-].[CH3-].[Fe+2]. The molecule has 1 unspecified atom stereocenters. The number of ether oxygens (including phenoxy) is 1. The van der Waals surface area contributed by atoms with Crippen molar-refractivity contribution in [1.82, 2.24) is 0 Å². The number of aliphatic imine (C=N–C) groups is 1. The van der Waals surface area contributed by atoms with Crippen LogP contribution in [0.5, 0.6) is 0 Å². The third-order valence-electron chi connectivity index (χ3n) is 3.70. The molecule has 0 aromatic heterocycles. The van der Waals surface area contributed by atoms with Crippen molar-refractivity contribution in [3.63, 3.8) is 0 Å². The van der Waals surface area contributed by atoms with E-state index in [9.17, 15) is 0 Å². The summed E-state index contributed by atoms with van der Waals surface area (Å²) in [5.41, 5.74) is 0. The smallest absolute Gasteiger partial charge is 0.478 e. The number of hydrogen-bond donors (Lipinski definition) is 0. The fourth-order valence-electron chi connectivity index (χ4n) is 2.38. The summed E-state index contributed by atoms with van der Waals surface area (Å²) in [5, 5.41) is 0. The van der Waals surface area contributed by atoms with Crippen LogP contribution in [-0.4, -0.2) is 18.5 Å². The van der Waals surface area contributed by atoms with E-state index in [0.717, 1.165) is 12.5 Å². The van der Waals surface area contributed by atoms with Crippen LogP contribution < -0.4 is 0 Å². The van der Waals surface area contributed by atoms with E-state index in [0.29, 0.717) is 17.9 Å². The molecule has 2 nitrogen and oxygen atoms in total. The van der Waals surface area contributed by atoms with Gasteiger partial charge in [-0.25, -0.2) is 4.99 Å². The Balaban J connectivity index is 0. The molecule has 2 atom stereocenters. The van der Waals surface area contributed by atoms with Crippen LogP contribution in [0.25, 0.3) is 0 Å². The summed E-state index contributed by atoms with van der Waals surface area (Å²) in [7, 11) is 0. The predicted molar refractivity (Wildman–Crippen MR) is 89.7 cm³/mol. The Morgan fingerprint density at radius 2 is 1.76 bits per heavy atom. The Labute approximate surface area is 142 Å². The summed E-state index contributed by atoms with van der Waals surface area (Å²) in [6.45, 7) is 5.19. The quantitative estimate of drug-likeness (QED) is 0.394. The molecular weight excluding hydrogens is 302 g/mol. The van der Waals surface area contributed by atoms with Gasteiger partial charge in [0.2, 0.25) is 0 Å². The van der Waals surface area contributed by atoms with E-state index in [4.69, 9.17) is 4.74 Å². The maximum Gasteiger partial charge on any atom is 2.00 e. The molecule has 0 saturated carbocycles. The zero-order valence-electron chi connectivity index (χ0n) is 14.0. The molecule has 0 aromatic carbocycles. The van der Waals surface area contributed by atoms with Gasteiger partial charge in [0.25, 0.3) is 0 Å². The maximum atomic E-state index is 5.61. The van der Waals surface area contributed by atoms with Crippen molar-refractivity contribution in [3.05, 3.63) is 39.2 Å². The molecule has 0 spiro atoms. The van der Waals surface area contributed by atoms with Crippen molar-refractivity contribution < 1.29 is 21.8 Å². The van der Waals surface area contributed by atoms with Crippen molar-refractivity contribution in [2.45, 2.75) is 52.0 Å². The zero-order chi connectivity index (χ0) is 12.8. The van der Waals surface area contributed by atoms with Crippen LogP contribution in [-0.2, 0) is 21.8 Å². The Hall–Kier alpha value is -0.531. The van der Waals surface area contributed by atoms with Gasteiger partial charge < -0.3 is 19.6 Å². The average Bonchev–Trinajstić information content (AvgIpc) is 3.14. The summed E-state index contributed by atoms with van der Waals surface area (Å²) in [5.74, 6) is 2.05. The van der Waals surface area contributed by atoms with Gasteiger partial charge in [-0.15, -0.1) is 0 Å². The Bertz CT molecular complexity index is 341. The first-order chi connectivity index (χ1) is 8.77. The van der Waals surface area contributed by atoms with Crippen molar-refractivity contribution in [2.75, 3.05) is 6.61 Å². The maximum absolute atomic E-state index is 5.61. The molecule has 3 aliphatic rings. The normalized spacial score (nSPS) is 25.0. The first-order valence-corrected chi connectivity index (χ1v) is 7.29. The van der Waals surface area contributed by atoms with Gasteiger partial charge in [0.15, 0.2) is 5.90 Å². The summed E-state index contributed by atoms with van der Waals surface area (Å²) in [6, 6.07) is 0.393. The van der Waals surface area contributed by atoms with Gasteiger partial charge in [0.1, 0.15) is 6.61 Å². The number of hydrogen-bond acceptors (Lipinski definition) is 2. The molecule has 0 aromatic rings. The Morgan fingerprint density at radius 1 is 1.10 bits per heavy atom. The number of allylic oxidation sites excluding steroid dienone is 3. The van der Waals surface area contributed by atoms with E-state index in [-0.39, 0.29) is 31.9 Å². The second-order valence-electron chi connectivity index (χ2n) is 5.60. The monoisotopic (exact) mass is 333 g/mol. The second-order valence-corrected chi connectivity index (χ2v) is 5.60. The topological polar surface area (TPSA) is 21.6 Å². The van der Waals surface area contributed by atoms with Gasteiger partial charge in [0.05, 0.1) is 12.0 Å². The van der Waals surface area contributed by atoms with Crippen LogP contribution in [0.2, 0.25) is 0 Å². The van der Waals surface area contributed by atoms with Crippen molar-refractivity contribution >= 4 is 5.90 Å². The summed E-state index contributed by atoms with van der Waals surface area (Å²) in [6.07, 6.45) is 15.3. The minimum atomic E-state index is 0. The molecule has 1 aliphatic heterocycles. The Kier molecular flexibility index (Phi) is 13.1. The van der Waals surface area contributed by atoms with Crippen molar-refractivity contribution in [2.24, 2.45) is 16.8 Å². The minimum Gasteiger partial charge on any atom is -0.478 e. The van der Waals surface area contributed by atoms with Gasteiger partial charge >= 0.3 is 17.1 Å². The summed E-state index contributed by atoms with van der Waals surface area (Å²) in [4.78, 5) is 4.61. The van der Waals surface area contributed by atoms with Crippen LogP contribution in [0.4, 0.5) is 0 Å². The average molecular weight is 333 g/mol. The van der Waals surface area contributed by atoms with Crippen molar-refractivity contribution in [1.29, 1.82) is 0 Å². The van der Waals surface area contributed by atoms with Crippen LogP contribution in [0.3, 0.4) is 0 Å². The predicted octanol–water partition coefficient (Wildman–Crippen LogP) is 5.03. The van der Waals surface area contributed by atoms with Gasteiger partial charge in [-0.2, -0.15) is 0 Å². The molecule has 0 N–H and O–H groups in total. The molecular formula is C18H31FeNO. The number of nitrogens with zero attached hydrogens (tertiary/aromatic N) is 1. The van der Waals surface area contributed by atoms with Gasteiger partial charge in [-0.05, 0) is 38.0 Å². The molecule has 1 heterocycles. The molecule has 0 saturated heterocycles. The van der Waals surface area contributed by atoms with Gasteiger partial charge in [-0.3, -0.25) is 0 Å². The summed E-state index contributed by atoms with van der Waals surface area (Å²) >= 11 is 0. The van der Waals surface area contributed by atoms with E-state index in [1.165, 1.54) is 32.1 Å². The molecule has 0 bridgehead atoms. The van der Waals surface area contributed by atoms with Crippen LogP contribution >= 0.6 is 0 Å². The zero-order valence-corrected chi connectivity index (χ0v) is 15.1. The van der Waals surface area contributed by atoms with Gasteiger partial charge in [0, 0.05) is 0 Å². The van der Waals surface area contributed by atoms with E-state index >= 15 is 0 Å². The van der Waals surface area contributed by atoms with Crippen molar-refractivity contribution in [3.8, 4) is 0 Å². The fraction of sp³-hybridized carbons (Fsp3) is 0.611. The first kappa shape index (κ1) is 22.7. The molecule has 122 valence electrons. The minimum absolute atomic E-state index is 0. The van der Waals surface area contributed by atoms with E-state index in [2.05, 4.69) is 43.1 Å². The van der Waals surface area contributed by atoms with Crippen LogP contribution in [0.1, 0.15) is 46.0 Å². The number of rotatable bonds is 2. The molecule has 2 aliphatic carbocycles. The second kappa shape index (κ2) is 12.1. The molecule has 21 heavy (non-hydrogen) atoms. The largest absolute Gasteiger partial charge is 2.00 e. The molecule has 3 rings (SSSR count). The summed E-state index contributed by atoms with van der Waals surface area (Å²) < 4.78 is 5.61. The van der Waals surface area contributed by atoms with E-state index < -0.39 is 0 Å². The Morgan fingerprint density at radius 3 is 2.14 bits per heavy atom. The van der Waals surface area contributed by atoms with Crippen LogP contribution in [0.15, 0.2) is 29.3 Å². The molecule has 0 radical (unpaired) electrons. The fourth-order valence-corrected chi connectivity index (χ4v) is 2.38. The standard InChI is InChI=1S/C11H17NO.C5H8.2CH3.Fe/c1-8(2)10-7-13-11(12-10)9-5-3-4-6-9;1-2-4-5-3-1;;;/h3,5,8-10H,4,6-7H2,1-2H3;1-2H,3-5H2;2*1H3;/q;;2*-1;+2/t9?,10-;;;;/m1..../s1. The third-order valence-corrected chi connectivity index (χ3v) is 3.70. The van der Waals surface area contributed by atoms with Gasteiger partial charge in [-0.1, -0.05) is 38.2 Å². The molecule has 0 amide bonds. The van der Waals surface area contributed by atoms with E-state index in [1.807, 2.05) is 0 Å². The first-order valence-electron chi connectivity index (χ1n) is 7.29.